The van der Waals surface area contributed by atoms with Crippen LogP contribution in [0.2, 0.25) is 0 Å². The normalized spacial score (nSPS) is 11.4. The van der Waals surface area contributed by atoms with Crippen molar-refractivity contribution >= 4 is 39.6 Å². The Morgan fingerprint density at radius 2 is 2.00 bits per heavy atom. The summed E-state index contributed by atoms with van der Waals surface area (Å²) in [5.74, 6) is 1.40. The molecule has 0 saturated heterocycles. The van der Waals surface area contributed by atoms with Gasteiger partial charge in [0.2, 0.25) is 5.91 Å². The number of aromatic nitrogens is 5. The van der Waals surface area contributed by atoms with Gasteiger partial charge >= 0.3 is 0 Å². The van der Waals surface area contributed by atoms with Gasteiger partial charge in [0.05, 0.1) is 16.8 Å². The zero-order valence-corrected chi connectivity index (χ0v) is 17.6. The predicted molar refractivity (Wildman–Crippen MR) is 120 cm³/mol. The maximum Gasteiger partial charge on any atom is 0.277 e. The number of imidazole rings is 1. The number of rotatable bonds is 7. The highest BCUT2D eigenvalue weighted by Crippen LogP contribution is 2.28. The van der Waals surface area contributed by atoms with E-state index in [1.165, 1.54) is 11.8 Å². The van der Waals surface area contributed by atoms with Crippen LogP contribution in [0.1, 0.15) is 5.82 Å². The third-order valence-electron chi connectivity index (χ3n) is 5.03. The number of carbonyl (C=O) groups excluding carboxylic acids is 1. The van der Waals surface area contributed by atoms with Gasteiger partial charge in [-0.1, -0.05) is 42.1 Å². The molecule has 31 heavy (non-hydrogen) atoms. The molecule has 156 valence electrons. The smallest absolute Gasteiger partial charge is 0.277 e. The highest BCUT2D eigenvalue weighted by molar-refractivity contribution is 7.99. The number of H-pyrrole nitrogens is 1. The van der Waals surface area contributed by atoms with Crippen molar-refractivity contribution in [3.05, 3.63) is 60.4 Å². The quantitative estimate of drug-likeness (QED) is 0.381. The van der Waals surface area contributed by atoms with Gasteiger partial charge in [-0.3, -0.25) is 4.79 Å². The SMILES string of the molecule is Cn1c(-c2nnc(SCC(=O)NCCc3nc4ccccc4[nH]3)o2)cc2ccccc21. The molecule has 1 amide bonds. The molecule has 0 atom stereocenters. The summed E-state index contributed by atoms with van der Waals surface area (Å²) >= 11 is 1.22. The molecule has 3 heterocycles. The number of nitrogens with zero attached hydrogens (tertiary/aromatic N) is 4. The predicted octanol–water partition coefficient (Wildman–Crippen LogP) is 3.56. The first-order chi connectivity index (χ1) is 15.2. The van der Waals surface area contributed by atoms with Crippen LogP contribution in [0, 0.1) is 0 Å². The van der Waals surface area contributed by atoms with Gasteiger partial charge in [0.25, 0.3) is 11.1 Å². The summed E-state index contributed by atoms with van der Waals surface area (Å²) in [5, 5.41) is 12.6. The summed E-state index contributed by atoms with van der Waals surface area (Å²) in [6.07, 6.45) is 0.636. The van der Waals surface area contributed by atoms with Crippen LogP contribution in [-0.4, -0.2) is 42.9 Å². The molecule has 0 aliphatic carbocycles. The number of amides is 1. The van der Waals surface area contributed by atoms with Gasteiger partial charge in [-0.05, 0) is 24.3 Å². The fourth-order valence-corrected chi connectivity index (χ4v) is 4.08. The van der Waals surface area contributed by atoms with Gasteiger partial charge in [-0.2, -0.15) is 0 Å². The van der Waals surface area contributed by atoms with Crippen molar-refractivity contribution in [3.8, 4) is 11.6 Å². The standard InChI is InChI=1S/C22H20N6O2S/c1-28-17-9-5-2-6-14(17)12-18(28)21-26-27-22(30-21)31-13-20(29)23-11-10-19-24-15-7-3-4-8-16(15)25-19/h2-9,12H,10-11,13H2,1H3,(H,23,29)(H,24,25). The molecule has 5 rings (SSSR count). The largest absolute Gasteiger partial charge is 0.410 e. The Balaban J connectivity index is 1.14. The number of hydrogen-bond donors (Lipinski definition) is 2. The summed E-state index contributed by atoms with van der Waals surface area (Å²) in [4.78, 5) is 19.9. The van der Waals surface area contributed by atoms with Crippen molar-refractivity contribution in [1.82, 2.24) is 30.0 Å². The molecule has 0 fully saturated rings. The van der Waals surface area contributed by atoms with Crippen LogP contribution in [0.5, 0.6) is 0 Å². The van der Waals surface area contributed by atoms with E-state index >= 15 is 0 Å². The monoisotopic (exact) mass is 432 g/mol. The lowest BCUT2D eigenvalue weighted by Crippen LogP contribution is -2.27. The van der Waals surface area contributed by atoms with Crippen LogP contribution in [0.4, 0.5) is 0 Å². The minimum Gasteiger partial charge on any atom is -0.410 e. The number of thioether (sulfide) groups is 1. The number of carbonyl (C=O) groups is 1. The molecule has 8 nitrogen and oxygen atoms in total. The third kappa shape index (κ3) is 4.04. The Morgan fingerprint density at radius 1 is 1.16 bits per heavy atom. The molecule has 9 heteroatoms. The molecular weight excluding hydrogens is 412 g/mol. The maximum atomic E-state index is 12.2. The summed E-state index contributed by atoms with van der Waals surface area (Å²) in [6, 6.07) is 18.0. The maximum absolute atomic E-state index is 12.2. The minimum absolute atomic E-state index is 0.0922. The molecule has 0 spiro atoms. The number of benzene rings is 2. The van der Waals surface area contributed by atoms with Crippen LogP contribution < -0.4 is 5.32 Å². The van der Waals surface area contributed by atoms with Crippen molar-refractivity contribution in [2.24, 2.45) is 7.05 Å². The van der Waals surface area contributed by atoms with Crippen LogP contribution in [0.15, 0.2) is 64.2 Å². The van der Waals surface area contributed by atoms with Crippen LogP contribution >= 0.6 is 11.8 Å². The van der Waals surface area contributed by atoms with E-state index in [1.807, 2.05) is 66.2 Å². The number of aromatic amines is 1. The Labute approximate surface area is 182 Å². The number of hydrogen-bond acceptors (Lipinski definition) is 6. The topological polar surface area (TPSA) is 102 Å². The Kier molecular flexibility index (Phi) is 5.17. The van der Waals surface area contributed by atoms with E-state index in [-0.39, 0.29) is 11.7 Å². The minimum atomic E-state index is -0.0922. The Bertz CT molecular complexity index is 1340. The Morgan fingerprint density at radius 3 is 2.87 bits per heavy atom. The van der Waals surface area contributed by atoms with Gasteiger partial charge in [0.1, 0.15) is 11.5 Å². The summed E-state index contributed by atoms with van der Waals surface area (Å²) in [6.45, 7) is 0.504. The average Bonchev–Trinajstić information content (AvgIpc) is 3.49. The van der Waals surface area contributed by atoms with Crippen molar-refractivity contribution < 1.29 is 9.21 Å². The summed E-state index contributed by atoms with van der Waals surface area (Å²) < 4.78 is 7.78. The zero-order chi connectivity index (χ0) is 21.2. The molecule has 0 aliphatic heterocycles. The highest BCUT2D eigenvalue weighted by Gasteiger charge is 2.15. The van der Waals surface area contributed by atoms with Crippen molar-refractivity contribution in [2.45, 2.75) is 11.6 Å². The van der Waals surface area contributed by atoms with Gasteiger partial charge in [-0.15, -0.1) is 10.2 Å². The molecule has 0 aliphatic rings. The highest BCUT2D eigenvalue weighted by atomic mass is 32.2. The van der Waals surface area contributed by atoms with Gasteiger partial charge in [-0.25, -0.2) is 4.98 Å². The van der Waals surface area contributed by atoms with E-state index in [0.717, 1.165) is 33.5 Å². The van der Waals surface area contributed by atoms with Crippen LogP contribution in [-0.2, 0) is 18.3 Å². The lowest BCUT2D eigenvalue weighted by molar-refractivity contribution is -0.118. The summed E-state index contributed by atoms with van der Waals surface area (Å²) in [7, 11) is 1.96. The van der Waals surface area contributed by atoms with Crippen LogP contribution in [0.25, 0.3) is 33.5 Å². The van der Waals surface area contributed by atoms with Gasteiger partial charge < -0.3 is 19.3 Å². The van der Waals surface area contributed by atoms with Crippen molar-refractivity contribution in [3.63, 3.8) is 0 Å². The van der Waals surface area contributed by atoms with Crippen LogP contribution in [0.3, 0.4) is 0 Å². The molecule has 0 radical (unpaired) electrons. The number of fused-ring (bicyclic) bond motifs is 2. The zero-order valence-electron chi connectivity index (χ0n) is 16.8. The number of para-hydroxylation sites is 3. The molecular formula is C22H20N6O2S. The molecule has 0 bridgehead atoms. The fourth-order valence-electron chi connectivity index (χ4n) is 3.49. The molecule has 0 unspecified atom stereocenters. The van der Waals surface area contributed by atoms with E-state index in [0.29, 0.717) is 24.1 Å². The van der Waals surface area contributed by atoms with E-state index in [4.69, 9.17) is 4.42 Å². The molecule has 5 aromatic rings. The molecule has 2 N–H and O–H groups in total. The average molecular weight is 433 g/mol. The number of nitrogens with one attached hydrogen (secondary N) is 2. The molecule has 0 saturated carbocycles. The van der Waals surface area contributed by atoms with Gasteiger partial charge in [0, 0.05) is 30.9 Å². The third-order valence-corrected chi connectivity index (χ3v) is 5.84. The van der Waals surface area contributed by atoms with Gasteiger partial charge in [0.15, 0.2) is 0 Å². The molecule has 2 aromatic carbocycles. The number of aryl methyl sites for hydroxylation is 1. The second-order valence-electron chi connectivity index (χ2n) is 7.11. The van der Waals surface area contributed by atoms with Crippen molar-refractivity contribution in [1.29, 1.82) is 0 Å². The second kappa shape index (κ2) is 8.27. The van der Waals surface area contributed by atoms with Crippen molar-refractivity contribution in [2.75, 3.05) is 12.3 Å². The lowest BCUT2D eigenvalue weighted by atomic mass is 10.2. The molecule has 3 aromatic heterocycles. The van der Waals surface area contributed by atoms with E-state index in [9.17, 15) is 4.79 Å². The summed E-state index contributed by atoms with van der Waals surface area (Å²) in [5.41, 5.74) is 3.86. The van der Waals surface area contributed by atoms with E-state index in [1.54, 1.807) is 0 Å². The first kappa shape index (κ1) is 19.4. The first-order valence-corrected chi connectivity index (χ1v) is 10.9. The fraction of sp³-hybridized carbons (Fsp3) is 0.182. The van der Waals surface area contributed by atoms with E-state index in [2.05, 4.69) is 25.5 Å². The lowest BCUT2D eigenvalue weighted by Gasteiger charge is -2.02. The second-order valence-corrected chi connectivity index (χ2v) is 8.04. The first-order valence-electron chi connectivity index (χ1n) is 9.89. The Hall–Kier alpha value is -3.59. The van der Waals surface area contributed by atoms with E-state index < -0.39 is 0 Å².